The fraction of sp³-hybridized carbons (Fsp3) is 0.227. The van der Waals surface area contributed by atoms with E-state index in [0.717, 1.165) is 5.56 Å². The van der Waals surface area contributed by atoms with Crippen LogP contribution in [0, 0.1) is 5.82 Å². The lowest BCUT2D eigenvalue weighted by atomic mass is 10.1. The summed E-state index contributed by atoms with van der Waals surface area (Å²) in [5.74, 6) is -1.18. The third kappa shape index (κ3) is 4.46. The Labute approximate surface area is 184 Å². The molecule has 0 bridgehead atoms. The van der Waals surface area contributed by atoms with E-state index < -0.39 is 28.5 Å². The number of anilines is 1. The zero-order chi connectivity index (χ0) is 22.7. The van der Waals surface area contributed by atoms with Crippen LogP contribution in [-0.2, 0) is 26.3 Å². The molecule has 10 heteroatoms. The van der Waals surface area contributed by atoms with Crippen molar-refractivity contribution in [2.45, 2.75) is 6.61 Å². The maximum Gasteiger partial charge on any atom is 0.326 e. The van der Waals surface area contributed by atoms with Crippen molar-refractivity contribution in [1.82, 2.24) is 4.72 Å². The SMILES string of the molecule is COCCOc1ccc2cc(OCc3ccccc3)c(N3CC(=O)NS3(=O)=O)c(F)c2c1. The zero-order valence-electron chi connectivity index (χ0n) is 17.2. The number of nitrogens with one attached hydrogen (secondary N) is 1. The van der Waals surface area contributed by atoms with E-state index in [1.165, 1.54) is 6.07 Å². The Hall–Kier alpha value is -3.37. The molecule has 0 radical (unpaired) electrons. The van der Waals surface area contributed by atoms with Gasteiger partial charge in [-0.25, -0.2) is 13.4 Å². The van der Waals surface area contributed by atoms with Crippen molar-refractivity contribution >= 4 is 32.6 Å². The van der Waals surface area contributed by atoms with Crippen LogP contribution in [0.3, 0.4) is 0 Å². The molecule has 3 aromatic carbocycles. The van der Waals surface area contributed by atoms with Gasteiger partial charge in [0.05, 0.1) is 6.61 Å². The first-order valence-electron chi connectivity index (χ1n) is 9.77. The summed E-state index contributed by atoms with van der Waals surface area (Å²) >= 11 is 0. The number of hydrogen-bond donors (Lipinski definition) is 1. The molecule has 3 aromatic rings. The van der Waals surface area contributed by atoms with E-state index in [-0.39, 0.29) is 30.0 Å². The van der Waals surface area contributed by atoms with Gasteiger partial charge in [0.25, 0.3) is 5.91 Å². The first-order chi connectivity index (χ1) is 15.4. The maximum atomic E-state index is 15.7. The molecule has 4 rings (SSSR count). The molecule has 1 amide bonds. The highest BCUT2D eigenvalue weighted by atomic mass is 32.2. The fourth-order valence-electron chi connectivity index (χ4n) is 3.35. The second-order valence-corrected chi connectivity index (χ2v) is 8.67. The maximum absolute atomic E-state index is 15.7. The predicted octanol–water partition coefficient (Wildman–Crippen LogP) is 2.76. The molecule has 1 aliphatic rings. The van der Waals surface area contributed by atoms with Gasteiger partial charge in [-0.05, 0) is 29.1 Å². The number of amides is 1. The number of rotatable bonds is 8. The van der Waals surface area contributed by atoms with Gasteiger partial charge in [-0.15, -0.1) is 0 Å². The average molecular weight is 460 g/mol. The van der Waals surface area contributed by atoms with Crippen LogP contribution in [0.25, 0.3) is 10.8 Å². The van der Waals surface area contributed by atoms with E-state index >= 15 is 4.39 Å². The van der Waals surface area contributed by atoms with Crippen molar-refractivity contribution in [3.05, 3.63) is 66.0 Å². The second-order valence-electron chi connectivity index (χ2n) is 7.07. The Balaban J connectivity index is 1.79. The lowest BCUT2D eigenvalue weighted by molar-refractivity contribution is -0.117. The van der Waals surface area contributed by atoms with Crippen LogP contribution in [-0.4, -0.2) is 41.2 Å². The molecule has 168 valence electrons. The third-order valence-electron chi connectivity index (χ3n) is 4.85. The van der Waals surface area contributed by atoms with Crippen LogP contribution in [0.5, 0.6) is 11.5 Å². The number of halogens is 1. The lowest BCUT2D eigenvalue weighted by Crippen LogP contribution is -2.30. The lowest BCUT2D eigenvalue weighted by Gasteiger charge is -2.21. The number of hydrogen-bond acceptors (Lipinski definition) is 6. The number of methoxy groups -OCH3 is 1. The van der Waals surface area contributed by atoms with Crippen LogP contribution in [0.2, 0.25) is 0 Å². The van der Waals surface area contributed by atoms with E-state index in [9.17, 15) is 13.2 Å². The van der Waals surface area contributed by atoms with Crippen LogP contribution in [0.1, 0.15) is 5.56 Å². The van der Waals surface area contributed by atoms with Gasteiger partial charge in [-0.3, -0.25) is 4.79 Å². The van der Waals surface area contributed by atoms with Crippen molar-refractivity contribution in [3.63, 3.8) is 0 Å². The molecular weight excluding hydrogens is 439 g/mol. The van der Waals surface area contributed by atoms with Crippen LogP contribution in [0.4, 0.5) is 10.1 Å². The minimum Gasteiger partial charge on any atom is -0.491 e. The van der Waals surface area contributed by atoms with Gasteiger partial charge in [0.1, 0.15) is 36.9 Å². The summed E-state index contributed by atoms with van der Waals surface area (Å²) < 4.78 is 59.5. The highest BCUT2D eigenvalue weighted by Crippen LogP contribution is 2.40. The quantitative estimate of drug-likeness (QED) is 0.520. The molecule has 1 aliphatic heterocycles. The molecule has 0 aromatic heterocycles. The molecule has 0 spiro atoms. The van der Waals surface area contributed by atoms with E-state index in [4.69, 9.17) is 14.2 Å². The molecule has 0 aliphatic carbocycles. The monoisotopic (exact) mass is 460 g/mol. The summed E-state index contributed by atoms with van der Waals surface area (Å²) in [5, 5.41) is 0.626. The molecule has 0 saturated carbocycles. The first-order valence-corrected chi connectivity index (χ1v) is 11.2. The van der Waals surface area contributed by atoms with E-state index in [1.54, 1.807) is 25.3 Å². The molecule has 1 N–H and O–H groups in total. The number of ether oxygens (including phenoxy) is 3. The predicted molar refractivity (Wildman–Crippen MR) is 116 cm³/mol. The van der Waals surface area contributed by atoms with Crippen LogP contribution in [0.15, 0.2) is 54.6 Å². The zero-order valence-corrected chi connectivity index (χ0v) is 18.0. The standard InChI is InChI=1S/C22H21FN2O6S/c1-29-9-10-30-17-8-7-16-11-19(31-14-15-5-3-2-4-6-15)22(21(23)18(16)12-17)25-13-20(26)24-32(25,27)28/h2-8,11-12H,9-10,13-14H2,1H3,(H,24,26). The summed E-state index contributed by atoms with van der Waals surface area (Å²) in [4.78, 5) is 11.8. The Bertz CT molecular complexity index is 1250. The van der Waals surface area contributed by atoms with Crippen molar-refractivity contribution in [3.8, 4) is 11.5 Å². The summed E-state index contributed by atoms with van der Waals surface area (Å²) in [6, 6.07) is 15.5. The minimum absolute atomic E-state index is 0.00646. The van der Waals surface area contributed by atoms with Gasteiger partial charge in [0, 0.05) is 12.5 Å². The van der Waals surface area contributed by atoms with Gasteiger partial charge >= 0.3 is 10.2 Å². The largest absolute Gasteiger partial charge is 0.491 e. The Kier molecular flexibility index (Phi) is 6.15. The Morgan fingerprint density at radius 3 is 2.53 bits per heavy atom. The van der Waals surface area contributed by atoms with Crippen LogP contribution >= 0.6 is 0 Å². The smallest absolute Gasteiger partial charge is 0.326 e. The van der Waals surface area contributed by atoms with Gasteiger partial charge in [-0.2, -0.15) is 8.42 Å². The van der Waals surface area contributed by atoms with E-state index in [1.807, 2.05) is 35.1 Å². The normalized spacial score (nSPS) is 15.1. The molecule has 1 heterocycles. The second kappa shape index (κ2) is 9.01. The topological polar surface area (TPSA) is 94.2 Å². The molecule has 0 atom stereocenters. The molecule has 1 fully saturated rings. The van der Waals surface area contributed by atoms with Crippen molar-refractivity contribution in [2.24, 2.45) is 0 Å². The minimum atomic E-state index is -4.25. The molecular formula is C22H21FN2O6S. The summed E-state index contributed by atoms with van der Waals surface area (Å²) in [5.41, 5.74) is 0.486. The van der Waals surface area contributed by atoms with Gasteiger partial charge in [0.15, 0.2) is 5.82 Å². The molecule has 8 nitrogen and oxygen atoms in total. The van der Waals surface area contributed by atoms with Crippen molar-refractivity contribution in [2.75, 3.05) is 31.2 Å². The highest BCUT2D eigenvalue weighted by molar-refractivity contribution is 7.92. The van der Waals surface area contributed by atoms with Crippen molar-refractivity contribution < 1.29 is 31.8 Å². The Morgan fingerprint density at radius 2 is 1.84 bits per heavy atom. The fourth-order valence-corrected chi connectivity index (χ4v) is 4.51. The number of carbonyl (C=O) groups excluding carboxylic acids is 1. The Morgan fingerprint density at radius 1 is 1.06 bits per heavy atom. The average Bonchev–Trinajstić information content (AvgIpc) is 3.05. The van der Waals surface area contributed by atoms with Crippen LogP contribution < -0.4 is 18.5 Å². The number of carbonyl (C=O) groups is 1. The van der Waals surface area contributed by atoms with E-state index in [0.29, 0.717) is 22.0 Å². The number of nitrogens with zero attached hydrogens (tertiary/aromatic N) is 1. The van der Waals surface area contributed by atoms with Gasteiger partial charge in [-0.1, -0.05) is 36.4 Å². The number of fused-ring (bicyclic) bond motifs is 1. The van der Waals surface area contributed by atoms with Gasteiger partial charge in [0.2, 0.25) is 0 Å². The number of benzene rings is 3. The van der Waals surface area contributed by atoms with Crippen molar-refractivity contribution in [1.29, 1.82) is 0 Å². The molecule has 0 unspecified atom stereocenters. The molecule has 1 saturated heterocycles. The molecule has 32 heavy (non-hydrogen) atoms. The summed E-state index contributed by atoms with van der Waals surface area (Å²) in [6.45, 7) is 0.175. The van der Waals surface area contributed by atoms with E-state index in [2.05, 4.69) is 0 Å². The highest BCUT2D eigenvalue weighted by Gasteiger charge is 2.38. The third-order valence-corrected chi connectivity index (χ3v) is 6.23. The first kappa shape index (κ1) is 21.8. The summed E-state index contributed by atoms with van der Waals surface area (Å²) in [6.07, 6.45) is 0. The van der Waals surface area contributed by atoms with Gasteiger partial charge < -0.3 is 14.2 Å². The summed E-state index contributed by atoms with van der Waals surface area (Å²) in [7, 11) is -2.71.